The fraction of sp³-hybridized carbons (Fsp3) is 0.143. The van der Waals surface area contributed by atoms with Gasteiger partial charge in [0.1, 0.15) is 5.82 Å². The number of hydrogen-bond donors (Lipinski definition) is 1. The van der Waals surface area contributed by atoms with Gasteiger partial charge in [-0.05, 0) is 40.8 Å². The average Bonchev–Trinajstić information content (AvgIpc) is 2.49. The monoisotopic (exact) mass is 440 g/mol. The van der Waals surface area contributed by atoms with Crippen molar-refractivity contribution in [1.29, 1.82) is 0 Å². The molecule has 2 aromatic rings. The lowest BCUT2D eigenvalue weighted by atomic mass is 9.98. The minimum atomic E-state index is -4.76. The average molecular weight is 440 g/mol. The van der Waals surface area contributed by atoms with Crippen LogP contribution in [-0.2, 0) is 10.9 Å². The fourth-order valence-electron chi connectivity index (χ4n) is 1.94. The van der Waals surface area contributed by atoms with Gasteiger partial charge < -0.3 is 10.5 Å². The van der Waals surface area contributed by atoms with E-state index in [1.54, 1.807) is 22.6 Å². The van der Waals surface area contributed by atoms with E-state index >= 15 is 0 Å². The molecule has 0 aliphatic carbocycles. The first-order valence-electron chi connectivity index (χ1n) is 6.06. The summed E-state index contributed by atoms with van der Waals surface area (Å²) >= 11 is 1.59. The number of anilines is 1. The van der Waals surface area contributed by atoms with E-state index in [4.69, 9.17) is 5.73 Å². The predicted octanol–water partition coefficient (Wildman–Crippen LogP) is 3.88. The van der Waals surface area contributed by atoms with Gasteiger partial charge in [0.15, 0.2) is 0 Å². The molecule has 0 aliphatic heterocycles. The highest BCUT2D eigenvalue weighted by Crippen LogP contribution is 2.42. The number of carbonyl (C=O) groups excluding carboxylic acids is 1. The van der Waals surface area contributed by atoms with Crippen molar-refractivity contribution in [1.82, 2.24) is 4.98 Å². The quantitative estimate of drug-likeness (QED) is 0.333. The number of carbonyl (C=O) groups is 1. The lowest BCUT2D eigenvalue weighted by Gasteiger charge is -2.18. The number of rotatable bonds is 2. The second-order valence-electron chi connectivity index (χ2n) is 4.43. The zero-order chi connectivity index (χ0) is 17.4. The van der Waals surface area contributed by atoms with Crippen LogP contribution in [0.1, 0.15) is 15.9 Å². The molecule has 122 valence electrons. The summed E-state index contributed by atoms with van der Waals surface area (Å²) in [5.41, 5.74) is 3.68. The Morgan fingerprint density at radius 1 is 1.35 bits per heavy atom. The summed E-state index contributed by atoms with van der Waals surface area (Å²) in [5.74, 6) is -1.67. The number of methoxy groups -OCH3 is 1. The smallest absolute Gasteiger partial charge is 0.417 e. The van der Waals surface area contributed by atoms with E-state index in [1.807, 2.05) is 0 Å². The van der Waals surface area contributed by atoms with Crippen LogP contribution < -0.4 is 5.73 Å². The van der Waals surface area contributed by atoms with Gasteiger partial charge in [-0.2, -0.15) is 13.2 Å². The van der Waals surface area contributed by atoms with Crippen LogP contribution in [0.25, 0.3) is 11.3 Å². The Morgan fingerprint density at radius 3 is 2.48 bits per heavy atom. The Hall–Kier alpha value is -1.91. The van der Waals surface area contributed by atoms with Crippen molar-refractivity contribution in [2.24, 2.45) is 0 Å². The summed E-state index contributed by atoms with van der Waals surface area (Å²) in [6.45, 7) is 0. The summed E-state index contributed by atoms with van der Waals surface area (Å²) in [6.07, 6.45) is -3.96. The Balaban J connectivity index is 2.82. The number of nitrogens with zero attached hydrogens (tertiary/aromatic N) is 1. The summed E-state index contributed by atoms with van der Waals surface area (Å²) in [6, 6.07) is 2.71. The van der Waals surface area contributed by atoms with Crippen LogP contribution in [0.2, 0.25) is 0 Å². The second-order valence-corrected chi connectivity index (χ2v) is 5.50. The highest BCUT2D eigenvalue weighted by atomic mass is 127. The molecule has 0 saturated heterocycles. The largest absolute Gasteiger partial charge is 0.465 e. The van der Waals surface area contributed by atoms with Crippen molar-refractivity contribution in [3.8, 4) is 11.3 Å². The van der Waals surface area contributed by atoms with Crippen LogP contribution in [0.3, 0.4) is 0 Å². The number of esters is 1. The molecule has 1 aromatic carbocycles. The Bertz CT molecular complexity index is 761. The summed E-state index contributed by atoms with van der Waals surface area (Å²) < 4.78 is 57.5. The zero-order valence-corrected chi connectivity index (χ0v) is 13.7. The molecule has 0 spiro atoms. The highest BCUT2D eigenvalue weighted by molar-refractivity contribution is 14.1. The lowest BCUT2D eigenvalue weighted by molar-refractivity contribution is -0.137. The normalized spacial score (nSPS) is 11.4. The number of halogens is 5. The highest BCUT2D eigenvalue weighted by Gasteiger charge is 2.37. The maximum atomic E-state index is 13.4. The third kappa shape index (κ3) is 3.38. The maximum Gasteiger partial charge on any atom is 0.417 e. The Kier molecular flexibility index (Phi) is 4.78. The zero-order valence-electron chi connectivity index (χ0n) is 11.5. The van der Waals surface area contributed by atoms with Crippen LogP contribution in [0.5, 0.6) is 0 Å². The molecular formula is C14H9F4IN2O2. The van der Waals surface area contributed by atoms with Crippen molar-refractivity contribution in [2.75, 3.05) is 12.8 Å². The van der Waals surface area contributed by atoms with Gasteiger partial charge in [0.2, 0.25) is 0 Å². The van der Waals surface area contributed by atoms with E-state index in [9.17, 15) is 22.4 Å². The minimum absolute atomic E-state index is 0.0167. The molecule has 1 heterocycles. The number of nitrogens with two attached hydrogens (primary N) is 1. The van der Waals surface area contributed by atoms with Crippen molar-refractivity contribution >= 4 is 34.2 Å². The van der Waals surface area contributed by atoms with E-state index in [-0.39, 0.29) is 20.5 Å². The van der Waals surface area contributed by atoms with Crippen molar-refractivity contribution < 1.29 is 27.1 Å². The van der Waals surface area contributed by atoms with E-state index in [0.717, 1.165) is 25.4 Å². The van der Waals surface area contributed by atoms with Crippen molar-refractivity contribution in [2.45, 2.75) is 6.18 Å². The van der Waals surface area contributed by atoms with Gasteiger partial charge in [0.25, 0.3) is 0 Å². The molecular weight excluding hydrogens is 431 g/mol. The molecule has 0 saturated carbocycles. The number of hydrogen-bond acceptors (Lipinski definition) is 4. The van der Waals surface area contributed by atoms with E-state index in [2.05, 4.69) is 9.72 Å². The number of ether oxygens (including phenoxy) is 1. The molecule has 9 heteroatoms. The predicted molar refractivity (Wildman–Crippen MR) is 83.1 cm³/mol. The molecule has 0 bridgehead atoms. The van der Waals surface area contributed by atoms with Gasteiger partial charge in [0.05, 0.1) is 35.8 Å². The van der Waals surface area contributed by atoms with Crippen molar-refractivity contribution in [3.05, 3.63) is 44.9 Å². The first-order valence-corrected chi connectivity index (χ1v) is 7.14. The van der Waals surface area contributed by atoms with Crippen molar-refractivity contribution in [3.63, 3.8) is 0 Å². The number of alkyl halides is 3. The molecule has 1 aromatic heterocycles. The van der Waals surface area contributed by atoms with Gasteiger partial charge in [-0.25, -0.2) is 9.18 Å². The number of pyridine rings is 1. The molecule has 0 aliphatic rings. The minimum Gasteiger partial charge on any atom is -0.465 e. The third-order valence-corrected chi connectivity index (χ3v) is 4.12. The molecule has 0 atom stereocenters. The molecule has 0 radical (unpaired) electrons. The van der Waals surface area contributed by atoms with Crippen LogP contribution >= 0.6 is 22.6 Å². The van der Waals surface area contributed by atoms with Crippen LogP contribution in [0, 0.1) is 9.39 Å². The Labute approximate surface area is 141 Å². The standard InChI is InChI=1S/C14H9F4IN2O2/c1-23-13(22)7-4-8(14(16,17)18)10(11(19)12(7)20)9-3-2-6(15)5-21-9/h2-5H,20H2,1H3. The van der Waals surface area contributed by atoms with E-state index in [1.165, 1.54) is 0 Å². The topological polar surface area (TPSA) is 65.2 Å². The second kappa shape index (κ2) is 6.30. The molecule has 2 N–H and O–H groups in total. The molecule has 2 rings (SSSR count). The molecule has 0 amide bonds. The molecule has 0 unspecified atom stereocenters. The van der Waals surface area contributed by atoms with Gasteiger partial charge in [0, 0.05) is 9.13 Å². The number of benzene rings is 1. The molecule has 23 heavy (non-hydrogen) atoms. The van der Waals surface area contributed by atoms with Gasteiger partial charge in [-0.1, -0.05) is 0 Å². The van der Waals surface area contributed by atoms with Gasteiger partial charge in [-0.3, -0.25) is 4.98 Å². The van der Waals surface area contributed by atoms with E-state index in [0.29, 0.717) is 6.07 Å². The maximum absolute atomic E-state index is 13.4. The summed E-state index contributed by atoms with van der Waals surface area (Å²) in [5, 5.41) is 0. The number of aromatic nitrogens is 1. The first kappa shape index (κ1) is 17.4. The Morgan fingerprint density at radius 2 is 2.00 bits per heavy atom. The molecule has 0 fully saturated rings. The summed E-state index contributed by atoms with van der Waals surface area (Å²) in [7, 11) is 1.04. The van der Waals surface area contributed by atoms with Crippen LogP contribution in [0.15, 0.2) is 24.4 Å². The van der Waals surface area contributed by atoms with Crippen LogP contribution in [-0.4, -0.2) is 18.1 Å². The summed E-state index contributed by atoms with van der Waals surface area (Å²) in [4.78, 5) is 15.3. The van der Waals surface area contributed by atoms with Gasteiger partial charge in [-0.15, -0.1) is 0 Å². The SMILES string of the molecule is COC(=O)c1cc(C(F)(F)F)c(-c2ccc(F)cn2)c(I)c1N. The van der Waals surface area contributed by atoms with Gasteiger partial charge >= 0.3 is 12.1 Å². The lowest BCUT2D eigenvalue weighted by Crippen LogP contribution is -2.15. The number of nitrogen functional groups attached to an aromatic ring is 1. The third-order valence-electron chi connectivity index (χ3n) is 3.00. The fourth-order valence-corrected chi connectivity index (χ4v) is 2.80. The first-order chi connectivity index (χ1) is 10.7. The van der Waals surface area contributed by atoms with Crippen LogP contribution in [0.4, 0.5) is 23.2 Å². The van der Waals surface area contributed by atoms with E-state index < -0.39 is 29.1 Å². The molecule has 4 nitrogen and oxygen atoms in total.